The fraction of sp³-hybridized carbons (Fsp3) is 0.258. The van der Waals surface area contributed by atoms with Crippen LogP contribution in [-0.4, -0.2) is 43.6 Å². The van der Waals surface area contributed by atoms with E-state index in [1.807, 2.05) is 41.8 Å². The van der Waals surface area contributed by atoms with Gasteiger partial charge in [-0.2, -0.15) is 0 Å². The molecule has 5 rings (SSSR count). The summed E-state index contributed by atoms with van der Waals surface area (Å²) in [4.78, 5) is 17.0. The van der Waals surface area contributed by atoms with Crippen molar-refractivity contribution in [3.05, 3.63) is 89.9 Å². The monoisotopic (exact) mass is 498 g/mol. The lowest BCUT2D eigenvalue weighted by molar-refractivity contribution is -0.126. The first-order valence-electron chi connectivity index (χ1n) is 12.7. The van der Waals surface area contributed by atoms with E-state index in [1.165, 1.54) is 11.6 Å². The summed E-state index contributed by atoms with van der Waals surface area (Å²) in [6.07, 6.45) is 3.45. The van der Waals surface area contributed by atoms with Gasteiger partial charge in [0.05, 0.1) is 18.6 Å². The molecule has 190 valence electrons. The Labute approximate surface area is 216 Å². The lowest BCUT2D eigenvalue weighted by atomic mass is 9.98. The number of rotatable bonds is 6. The first-order chi connectivity index (χ1) is 17.9. The Balaban J connectivity index is 1.40. The van der Waals surface area contributed by atoms with Gasteiger partial charge >= 0.3 is 0 Å². The summed E-state index contributed by atoms with van der Waals surface area (Å²) in [5.41, 5.74) is 6.28. The van der Waals surface area contributed by atoms with Crippen molar-refractivity contribution >= 4 is 28.1 Å². The highest BCUT2D eigenvalue weighted by atomic mass is 19.1. The highest BCUT2D eigenvalue weighted by Gasteiger charge is 2.22. The van der Waals surface area contributed by atoms with E-state index in [9.17, 15) is 9.18 Å². The van der Waals surface area contributed by atoms with Crippen molar-refractivity contribution in [3.63, 3.8) is 0 Å². The van der Waals surface area contributed by atoms with Crippen LogP contribution in [0.4, 0.5) is 10.1 Å². The number of hydrogen-bond acceptors (Lipinski definition) is 4. The van der Waals surface area contributed by atoms with Gasteiger partial charge in [-0.25, -0.2) is 4.39 Å². The molecule has 6 heteroatoms. The third-order valence-electron chi connectivity index (χ3n) is 6.89. The molecule has 37 heavy (non-hydrogen) atoms. The van der Waals surface area contributed by atoms with Crippen LogP contribution in [0.25, 0.3) is 27.7 Å². The molecule has 1 saturated heterocycles. The molecule has 0 radical (unpaired) electrons. The van der Waals surface area contributed by atoms with Crippen molar-refractivity contribution < 1.29 is 18.3 Å². The van der Waals surface area contributed by atoms with Crippen LogP contribution in [0.1, 0.15) is 25.0 Å². The second-order valence-electron chi connectivity index (χ2n) is 9.38. The van der Waals surface area contributed by atoms with E-state index in [4.69, 9.17) is 9.15 Å². The van der Waals surface area contributed by atoms with Crippen molar-refractivity contribution in [3.8, 4) is 16.9 Å². The zero-order valence-electron chi connectivity index (χ0n) is 21.5. The van der Waals surface area contributed by atoms with E-state index >= 15 is 0 Å². The Morgan fingerprint density at radius 1 is 1.05 bits per heavy atom. The summed E-state index contributed by atoms with van der Waals surface area (Å²) in [7, 11) is 0. The van der Waals surface area contributed by atoms with Gasteiger partial charge < -0.3 is 19.0 Å². The number of nitrogens with zero attached hydrogens (tertiary/aromatic N) is 2. The molecule has 1 aliphatic heterocycles. The molecule has 0 N–H and O–H groups in total. The molecule has 3 aromatic carbocycles. The van der Waals surface area contributed by atoms with E-state index < -0.39 is 0 Å². The second kappa shape index (κ2) is 10.5. The minimum absolute atomic E-state index is 0.0563. The summed E-state index contributed by atoms with van der Waals surface area (Å²) in [5, 5.41) is 0.973. The van der Waals surface area contributed by atoms with E-state index in [1.54, 1.807) is 24.5 Å². The summed E-state index contributed by atoms with van der Waals surface area (Å²) in [6.45, 7) is 8.68. The van der Waals surface area contributed by atoms with Crippen molar-refractivity contribution in [2.75, 3.05) is 37.7 Å². The molecule has 2 heterocycles. The summed E-state index contributed by atoms with van der Waals surface area (Å²) < 4.78 is 26.0. The molecule has 1 aromatic heterocycles. The minimum atomic E-state index is -0.235. The van der Waals surface area contributed by atoms with E-state index in [2.05, 4.69) is 31.2 Å². The molecule has 0 unspecified atom stereocenters. The van der Waals surface area contributed by atoms with Crippen molar-refractivity contribution in [2.24, 2.45) is 0 Å². The first kappa shape index (κ1) is 24.6. The highest BCUT2D eigenvalue weighted by Crippen LogP contribution is 2.37. The molecule has 0 bridgehead atoms. The second-order valence-corrected chi connectivity index (χ2v) is 9.38. The Morgan fingerprint density at radius 2 is 1.78 bits per heavy atom. The van der Waals surface area contributed by atoms with Crippen LogP contribution in [0.3, 0.4) is 0 Å². The van der Waals surface area contributed by atoms with Crippen LogP contribution in [-0.2, 0) is 4.79 Å². The van der Waals surface area contributed by atoms with Gasteiger partial charge in [0.25, 0.3) is 0 Å². The highest BCUT2D eigenvalue weighted by molar-refractivity contribution is 6.00. The number of fused-ring (bicyclic) bond motifs is 1. The van der Waals surface area contributed by atoms with Crippen LogP contribution < -0.4 is 9.64 Å². The number of carbonyl (C=O) groups excluding carboxylic acids is 1. The number of anilines is 1. The van der Waals surface area contributed by atoms with Gasteiger partial charge in [0, 0.05) is 54.8 Å². The van der Waals surface area contributed by atoms with Crippen LogP contribution in [0.5, 0.6) is 5.75 Å². The fourth-order valence-electron chi connectivity index (χ4n) is 4.82. The number of allylic oxidation sites excluding steroid dienone is 1. The Hall–Kier alpha value is -4.06. The molecule has 0 aliphatic carbocycles. The number of halogens is 1. The first-order valence-corrected chi connectivity index (χ1v) is 12.7. The number of hydrogen-bond donors (Lipinski definition) is 0. The number of ether oxygens (including phenoxy) is 1. The van der Waals surface area contributed by atoms with Crippen molar-refractivity contribution in [2.45, 2.75) is 20.8 Å². The van der Waals surface area contributed by atoms with Gasteiger partial charge in [-0.3, -0.25) is 4.79 Å². The van der Waals surface area contributed by atoms with Crippen LogP contribution >= 0.6 is 0 Å². The molecule has 0 spiro atoms. The van der Waals surface area contributed by atoms with Crippen LogP contribution in [0, 0.1) is 12.7 Å². The molecular formula is C31H31FN2O3. The van der Waals surface area contributed by atoms with E-state index in [0.717, 1.165) is 33.2 Å². The van der Waals surface area contributed by atoms with Crippen LogP contribution in [0.2, 0.25) is 0 Å². The summed E-state index contributed by atoms with van der Waals surface area (Å²) in [6, 6.07) is 19.1. The Bertz CT molecular complexity index is 1450. The average Bonchev–Trinajstić information content (AvgIpc) is 3.32. The molecule has 1 amide bonds. The number of para-hydroxylation sites is 1. The molecule has 0 saturated carbocycles. The summed E-state index contributed by atoms with van der Waals surface area (Å²) in [5.74, 6) is 0.394. The SMILES string of the molecule is CCOc1cc2occ(-c3ccc(C)cc3)c2cc1/C(C)=C/C(=O)N1CCN(c2ccccc2F)CC1. The van der Waals surface area contributed by atoms with Gasteiger partial charge in [0.1, 0.15) is 17.1 Å². The van der Waals surface area contributed by atoms with Crippen molar-refractivity contribution in [1.82, 2.24) is 4.90 Å². The van der Waals surface area contributed by atoms with Crippen LogP contribution in [0.15, 0.2) is 77.4 Å². The van der Waals surface area contributed by atoms with Gasteiger partial charge in [0.2, 0.25) is 5.91 Å². The van der Waals surface area contributed by atoms with Crippen molar-refractivity contribution in [1.29, 1.82) is 0 Å². The largest absolute Gasteiger partial charge is 0.493 e. The molecule has 4 aromatic rings. The average molecular weight is 499 g/mol. The van der Waals surface area contributed by atoms with Gasteiger partial charge in [-0.1, -0.05) is 42.0 Å². The number of carbonyl (C=O) groups is 1. The molecule has 1 aliphatic rings. The Kier molecular flexibility index (Phi) is 6.99. The number of aryl methyl sites for hydroxylation is 1. The maximum Gasteiger partial charge on any atom is 0.246 e. The van der Waals surface area contributed by atoms with Gasteiger partial charge in [-0.05, 0) is 50.1 Å². The topological polar surface area (TPSA) is 45.9 Å². The zero-order chi connectivity index (χ0) is 25.9. The lowest BCUT2D eigenvalue weighted by Gasteiger charge is -2.35. The van der Waals surface area contributed by atoms with Gasteiger partial charge in [-0.15, -0.1) is 0 Å². The quantitative estimate of drug-likeness (QED) is 0.278. The number of piperazine rings is 1. The zero-order valence-corrected chi connectivity index (χ0v) is 21.5. The number of amides is 1. The van der Waals surface area contributed by atoms with E-state index in [-0.39, 0.29) is 11.7 Å². The predicted octanol–water partition coefficient (Wildman–Crippen LogP) is 6.70. The smallest absolute Gasteiger partial charge is 0.246 e. The summed E-state index contributed by atoms with van der Waals surface area (Å²) >= 11 is 0. The third kappa shape index (κ3) is 5.10. The molecule has 0 atom stereocenters. The third-order valence-corrected chi connectivity index (χ3v) is 6.89. The van der Waals surface area contributed by atoms with E-state index in [0.29, 0.717) is 44.2 Å². The van der Waals surface area contributed by atoms with Gasteiger partial charge in [0.15, 0.2) is 0 Å². The number of benzene rings is 3. The predicted molar refractivity (Wildman–Crippen MR) is 146 cm³/mol. The maximum absolute atomic E-state index is 14.2. The Morgan fingerprint density at radius 3 is 2.49 bits per heavy atom. The molecule has 1 fully saturated rings. The normalized spacial score (nSPS) is 14.3. The maximum atomic E-state index is 14.2. The molecule has 5 nitrogen and oxygen atoms in total. The lowest BCUT2D eigenvalue weighted by Crippen LogP contribution is -2.48. The standard InChI is InChI=1S/C31H31FN2O3/c1-4-36-29-19-30-25(26(20-37-30)23-11-9-21(2)10-12-23)18-24(29)22(3)17-31(35)34-15-13-33(14-16-34)28-8-6-5-7-27(28)32/h5-12,17-20H,4,13-16H2,1-3H3/b22-17+. The minimum Gasteiger partial charge on any atom is -0.493 e. The fourth-order valence-corrected chi connectivity index (χ4v) is 4.82. The molecular weight excluding hydrogens is 467 g/mol. The number of furan rings is 1.